The molecule has 0 aliphatic rings. The number of nitrogens with zero attached hydrogens (tertiary/aromatic N) is 1. The Morgan fingerprint density at radius 1 is 1.45 bits per heavy atom. The van der Waals surface area contributed by atoms with Gasteiger partial charge >= 0.3 is 12.1 Å². The smallest absolute Gasteiger partial charge is 0.417 e. The van der Waals surface area contributed by atoms with E-state index in [1.165, 1.54) is 6.92 Å². The van der Waals surface area contributed by atoms with Crippen molar-refractivity contribution in [3.63, 3.8) is 0 Å². The average molecular weight is 298 g/mol. The standard InChI is InChI=1S/C11H11F5N2O2/c1-2-20-10(19)8-6(9(12)13)7(11(14,15)16)5(3-17)4-18-8/h4,9H,2-3,17H2,1H3. The van der Waals surface area contributed by atoms with Crippen molar-refractivity contribution in [1.82, 2.24) is 4.98 Å². The predicted molar refractivity (Wildman–Crippen MR) is 58.0 cm³/mol. The molecule has 1 heterocycles. The van der Waals surface area contributed by atoms with Gasteiger partial charge in [-0.2, -0.15) is 13.2 Å². The lowest BCUT2D eigenvalue weighted by Crippen LogP contribution is -2.21. The van der Waals surface area contributed by atoms with Crippen LogP contribution >= 0.6 is 0 Å². The predicted octanol–water partition coefficient (Wildman–Crippen LogP) is 2.67. The molecular formula is C11H11F5N2O2. The molecule has 0 amide bonds. The van der Waals surface area contributed by atoms with Crippen LogP contribution in [0.1, 0.15) is 40.5 Å². The lowest BCUT2D eigenvalue weighted by atomic mass is 10.0. The third-order valence-corrected chi connectivity index (χ3v) is 2.39. The SMILES string of the molecule is CCOC(=O)c1ncc(CN)c(C(F)(F)F)c1C(F)F. The minimum absolute atomic E-state index is 0.177. The third kappa shape index (κ3) is 3.21. The molecule has 0 aliphatic heterocycles. The Morgan fingerprint density at radius 3 is 2.45 bits per heavy atom. The molecular weight excluding hydrogens is 287 g/mol. The molecule has 2 N–H and O–H groups in total. The highest BCUT2D eigenvalue weighted by Gasteiger charge is 2.41. The minimum Gasteiger partial charge on any atom is -0.461 e. The van der Waals surface area contributed by atoms with Gasteiger partial charge in [0.15, 0.2) is 5.69 Å². The van der Waals surface area contributed by atoms with Gasteiger partial charge in [0.1, 0.15) is 0 Å². The van der Waals surface area contributed by atoms with E-state index in [0.717, 1.165) is 0 Å². The maximum atomic E-state index is 12.9. The van der Waals surface area contributed by atoms with Crippen molar-refractivity contribution in [3.8, 4) is 0 Å². The number of carbonyl (C=O) groups excluding carboxylic acids is 1. The molecule has 4 nitrogen and oxygen atoms in total. The van der Waals surface area contributed by atoms with Gasteiger partial charge in [0.2, 0.25) is 0 Å². The van der Waals surface area contributed by atoms with Crippen LogP contribution in [0.5, 0.6) is 0 Å². The number of esters is 1. The summed E-state index contributed by atoms with van der Waals surface area (Å²) in [6.07, 6.45) is -7.96. The first-order valence-electron chi connectivity index (χ1n) is 5.48. The van der Waals surface area contributed by atoms with E-state index >= 15 is 0 Å². The zero-order valence-electron chi connectivity index (χ0n) is 10.3. The number of carbonyl (C=O) groups is 1. The van der Waals surface area contributed by atoms with Crippen molar-refractivity contribution in [2.75, 3.05) is 6.61 Å². The second-order valence-electron chi connectivity index (χ2n) is 3.64. The maximum absolute atomic E-state index is 12.9. The fraction of sp³-hybridized carbons (Fsp3) is 0.455. The van der Waals surface area contributed by atoms with Crippen LogP contribution in [-0.4, -0.2) is 17.6 Å². The molecule has 0 saturated carbocycles. The Bertz CT molecular complexity index is 502. The van der Waals surface area contributed by atoms with Crippen LogP contribution in [0.15, 0.2) is 6.20 Å². The second-order valence-corrected chi connectivity index (χ2v) is 3.64. The van der Waals surface area contributed by atoms with Crippen molar-refractivity contribution in [3.05, 3.63) is 28.6 Å². The van der Waals surface area contributed by atoms with Crippen LogP contribution in [0.2, 0.25) is 0 Å². The molecule has 0 atom stereocenters. The summed E-state index contributed by atoms with van der Waals surface area (Å²) in [5.74, 6) is -1.34. The first kappa shape index (κ1) is 16.3. The molecule has 9 heteroatoms. The Labute approximate surface area is 110 Å². The molecule has 0 spiro atoms. The van der Waals surface area contributed by atoms with Gasteiger partial charge in [0, 0.05) is 12.7 Å². The second kappa shape index (κ2) is 6.12. The number of rotatable bonds is 4. The van der Waals surface area contributed by atoms with Crippen molar-refractivity contribution < 1.29 is 31.5 Å². The number of nitrogens with two attached hydrogens (primary N) is 1. The summed E-state index contributed by atoms with van der Waals surface area (Å²) < 4.78 is 69.1. The molecule has 0 bridgehead atoms. The fourth-order valence-corrected chi connectivity index (χ4v) is 1.63. The van der Waals surface area contributed by atoms with E-state index in [1.807, 2.05) is 0 Å². The van der Waals surface area contributed by atoms with E-state index in [4.69, 9.17) is 5.73 Å². The van der Waals surface area contributed by atoms with Crippen LogP contribution in [0.3, 0.4) is 0 Å². The van der Waals surface area contributed by atoms with Crippen LogP contribution in [0.4, 0.5) is 22.0 Å². The first-order chi connectivity index (χ1) is 9.23. The number of hydrogen-bond donors (Lipinski definition) is 1. The summed E-state index contributed by atoms with van der Waals surface area (Å²) in [5.41, 5.74) is 0.308. The van der Waals surface area contributed by atoms with Gasteiger partial charge in [-0.25, -0.2) is 18.6 Å². The number of aromatic nitrogens is 1. The zero-order valence-corrected chi connectivity index (χ0v) is 10.3. The number of ether oxygens (including phenoxy) is 1. The summed E-state index contributed by atoms with van der Waals surface area (Å²) in [7, 11) is 0. The Kier molecular flexibility index (Phi) is 4.98. The largest absolute Gasteiger partial charge is 0.461 e. The van der Waals surface area contributed by atoms with E-state index in [2.05, 4.69) is 9.72 Å². The molecule has 0 radical (unpaired) electrons. The molecule has 0 fully saturated rings. The van der Waals surface area contributed by atoms with Gasteiger partial charge in [-0.1, -0.05) is 0 Å². The highest BCUT2D eigenvalue weighted by atomic mass is 19.4. The first-order valence-corrected chi connectivity index (χ1v) is 5.48. The molecule has 112 valence electrons. The van der Waals surface area contributed by atoms with Gasteiger partial charge in [-0.15, -0.1) is 0 Å². The van der Waals surface area contributed by atoms with Gasteiger partial charge in [-0.3, -0.25) is 0 Å². The van der Waals surface area contributed by atoms with Crippen molar-refractivity contribution in [2.45, 2.75) is 26.1 Å². The lowest BCUT2D eigenvalue weighted by molar-refractivity contribution is -0.140. The lowest BCUT2D eigenvalue weighted by Gasteiger charge is -2.18. The number of halogens is 5. The van der Waals surface area contributed by atoms with Crippen LogP contribution in [0.25, 0.3) is 0 Å². The molecule has 1 aromatic heterocycles. The summed E-state index contributed by atoms with van der Waals surface area (Å²) >= 11 is 0. The minimum atomic E-state index is -5.08. The fourth-order valence-electron chi connectivity index (χ4n) is 1.63. The molecule has 0 aliphatic carbocycles. The van der Waals surface area contributed by atoms with Gasteiger partial charge in [-0.05, 0) is 12.5 Å². The van der Waals surface area contributed by atoms with E-state index in [-0.39, 0.29) is 6.61 Å². The van der Waals surface area contributed by atoms with Crippen LogP contribution in [0, 0.1) is 0 Å². The monoisotopic (exact) mass is 298 g/mol. The summed E-state index contributed by atoms with van der Waals surface area (Å²) in [6.45, 7) is 0.576. The van der Waals surface area contributed by atoms with E-state index in [0.29, 0.717) is 6.20 Å². The van der Waals surface area contributed by atoms with E-state index in [1.54, 1.807) is 0 Å². The Balaban J connectivity index is 3.61. The Morgan fingerprint density at radius 2 is 2.05 bits per heavy atom. The number of hydrogen-bond acceptors (Lipinski definition) is 4. The quantitative estimate of drug-likeness (QED) is 0.685. The summed E-state index contributed by atoms with van der Waals surface area (Å²) in [5, 5.41) is 0. The van der Waals surface area contributed by atoms with Crippen molar-refractivity contribution in [2.24, 2.45) is 5.73 Å². The van der Waals surface area contributed by atoms with Gasteiger partial charge < -0.3 is 10.5 Å². The third-order valence-electron chi connectivity index (χ3n) is 2.39. The summed E-state index contributed by atoms with van der Waals surface area (Å²) in [4.78, 5) is 14.8. The molecule has 20 heavy (non-hydrogen) atoms. The summed E-state index contributed by atoms with van der Waals surface area (Å²) in [6, 6.07) is 0. The topological polar surface area (TPSA) is 65.2 Å². The van der Waals surface area contributed by atoms with Crippen LogP contribution in [-0.2, 0) is 17.5 Å². The van der Waals surface area contributed by atoms with Crippen molar-refractivity contribution in [1.29, 1.82) is 0 Å². The highest BCUT2D eigenvalue weighted by molar-refractivity contribution is 5.89. The molecule has 1 rings (SSSR count). The molecule has 1 aromatic rings. The van der Waals surface area contributed by atoms with E-state index in [9.17, 15) is 26.7 Å². The molecule has 0 saturated heterocycles. The zero-order chi connectivity index (χ0) is 15.5. The van der Waals surface area contributed by atoms with Crippen molar-refractivity contribution >= 4 is 5.97 Å². The molecule has 0 unspecified atom stereocenters. The molecule has 0 aromatic carbocycles. The Hall–Kier alpha value is -1.77. The average Bonchev–Trinajstić information content (AvgIpc) is 2.35. The highest BCUT2D eigenvalue weighted by Crippen LogP contribution is 2.39. The van der Waals surface area contributed by atoms with Gasteiger partial charge in [0.25, 0.3) is 6.43 Å². The van der Waals surface area contributed by atoms with E-state index < -0.39 is 47.5 Å². The van der Waals surface area contributed by atoms with Crippen LogP contribution < -0.4 is 5.73 Å². The number of alkyl halides is 5. The number of pyridine rings is 1. The van der Waals surface area contributed by atoms with Gasteiger partial charge in [0.05, 0.1) is 17.7 Å². The normalized spacial score (nSPS) is 11.8. The maximum Gasteiger partial charge on any atom is 0.417 e.